The lowest BCUT2D eigenvalue weighted by molar-refractivity contribution is -0.144. The summed E-state index contributed by atoms with van der Waals surface area (Å²) in [5.41, 5.74) is 1.88. The van der Waals surface area contributed by atoms with Crippen molar-refractivity contribution in [3.8, 4) is 5.75 Å². The molecule has 0 bridgehead atoms. The molecule has 0 saturated carbocycles. The Hall–Kier alpha value is -2.34. The first-order valence-corrected chi connectivity index (χ1v) is 8.80. The molecule has 6 heteroatoms. The van der Waals surface area contributed by atoms with E-state index in [0.717, 1.165) is 15.6 Å². The molecule has 3 rings (SSSR count). The SMILES string of the molecule is COc1ccc(Br)cc1CC1NC(=O)CN(Cc2ccccc2)C1=O. The number of piperazine rings is 1. The van der Waals surface area contributed by atoms with Gasteiger partial charge in [-0.05, 0) is 29.3 Å². The van der Waals surface area contributed by atoms with Gasteiger partial charge in [0, 0.05) is 17.4 Å². The molecule has 1 saturated heterocycles. The van der Waals surface area contributed by atoms with Gasteiger partial charge in [-0.2, -0.15) is 0 Å². The Labute approximate surface area is 155 Å². The van der Waals surface area contributed by atoms with E-state index in [-0.39, 0.29) is 18.4 Å². The van der Waals surface area contributed by atoms with Crippen LogP contribution in [0.2, 0.25) is 0 Å². The van der Waals surface area contributed by atoms with Crippen LogP contribution < -0.4 is 10.1 Å². The van der Waals surface area contributed by atoms with E-state index in [2.05, 4.69) is 21.2 Å². The Bertz CT molecular complexity index is 779. The smallest absolute Gasteiger partial charge is 0.246 e. The van der Waals surface area contributed by atoms with Crippen LogP contribution in [0.25, 0.3) is 0 Å². The molecule has 25 heavy (non-hydrogen) atoms. The maximum absolute atomic E-state index is 12.8. The zero-order valence-electron chi connectivity index (χ0n) is 13.9. The summed E-state index contributed by atoms with van der Waals surface area (Å²) in [7, 11) is 1.59. The van der Waals surface area contributed by atoms with Crippen LogP contribution in [0.15, 0.2) is 53.0 Å². The second-order valence-corrected chi connectivity index (χ2v) is 6.88. The number of carbonyl (C=O) groups is 2. The standard InChI is InChI=1S/C19H19BrN2O3/c1-25-17-8-7-15(20)9-14(17)10-16-19(24)22(12-18(23)21-16)11-13-5-3-2-4-6-13/h2-9,16H,10-12H2,1H3,(H,21,23). The lowest BCUT2D eigenvalue weighted by atomic mass is 10.0. The number of hydrogen-bond acceptors (Lipinski definition) is 3. The molecule has 0 spiro atoms. The minimum atomic E-state index is -0.590. The summed E-state index contributed by atoms with van der Waals surface area (Å²) in [6, 6.07) is 14.7. The number of benzene rings is 2. The Balaban J connectivity index is 1.78. The van der Waals surface area contributed by atoms with Gasteiger partial charge in [-0.1, -0.05) is 46.3 Å². The summed E-state index contributed by atoms with van der Waals surface area (Å²) in [6.45, 7) is 0.513. The van der Waals surface area contributed by atoms with E-state index in [1.54, 1.807) is 12.0 Å². The van der Waals surface area contributed by atoms with E-state index in [1.165, 1.54) is 0 Å². The minimum Gasteiger partial charge on any atom is -0.496 e. The number of hydrogen-bond donors (Lipinski definition) is 1. The molecule has 1 atom stereocenters. The van der Waals surface area contributed by atoms with Gasteiger partial charge < -0.3 is 15.0 Å². The average Bonchev–Trinajstić information content (AvgIpc) is 2.60. The monoisotopic (exact) mass is 402 g/mol. The molecule has 2 aromatic rings. The van der Waals surface area contributed by atoms with Crippen molar-refractivity contribution in [1.82, 2.24) is 10.2 Å². The number of ether oxygens (including phenoxy) is 1. The van der Waals surface area contributed by atoms with Crippen molar-refractivity contribution >= 4 is 27.7 Å². The molecule has 1 unspecified atom stereocenters. The summed E-state index contributed by atoms with van der Waals surface area (Å²) in [5, 5.41) is 2.80. The summed E-state index contributed by atoms with van der Waals surface area (Å²) in [6.07, 6.45) is 0.387. The molecule has 2 amide bonds. The van der Waals surface area contributed by atoms with Gasteiger partial charge in [-0.15, -0.1) is 0 Å². The Kier molecular flexibility index (Phi) is 5.38. The number of carbonyl (C=O) groups excluding carboxylic acids is 2. The molecule has 0 radical (unpaired) electrons. The highest BCUT2D eigenvalue weighted by Gasteiger charge is 2.33. The quantitative estimate of drug-likeness (QED) is 0.835. The summed E-state index contributed by atoms with van der Waals surface area (Å²) >= 11 is 3.44. The van der Waals surface area contributed by atoms with Crippen LogP contribution in [0.4, 0.5) is 0 Å². The van der Waals surface area contributed by atoms with E-state index in [0.29, 0.717) is 18.7 Å². The number of halogens is 1. The molecule has 1 aliphatic heterocycles. The van der Waals surface area contributed by atoms with Gasteiger partial charge in [-0.25, -0.2) is 0 Å². The highest BCUT2D eigenvalue weighted by molar-refractivity contribution is 9.10. The van der Waals surface area contributed by atoms with Gasteiger partial charge in [0.2, 0.25) is 11.8 Å². The van der Waals surface area contributed by atoms with Crippen LogP contribution in [-0.2, 0) is 22.6 Å². The summed E-state index contributed by atoms with van der Waals surface area (Å²) in [4.78, 5) is 26.5. The van der Waals surface area contributed by atoms with Crippen molar-refractivity contribution in [3.05, 3.63) is 64.1 Å². The van der Waals surface area contributed by atoms with Crippen LogP contribution in [0.3, 0.4) is 0 Å². The molecule has 5 nitrogen and oxygen atoms in total. The Morgan fingerprint density at radius 3 is 2.68 bits per heavy atom. The number of nitrogens with one attached hydrogen (secondary N) is 1. The lowest BCUT2D eigenvalue weighted by Gasteiger charge is -2.33. The van der Waals surface area contributed by atoms with Crippen molar-refractivity contribution < 1.29 is 14.3 Å². The van der Waals surface area contributed by atoms with Crippen molar-refractivity contribution in [2.75, 3.05) is 13.7 Å². The predicted molar refractivity (Wildman–Crippen MR) is 98.2 cm³/mol. The van der Waals surface area contributed by atoms with Gasteiger partial charge >= 0.3 is 0 Å². The number of amides is 2. The number of methoxy groups -OCH3 is 1. The van der Waals surface area contributed by atoms with E-state index in [1.807, 2.05) is 48.5 Å². The first-order valence-electron chi connectivity index (χ1n) is 8.01. The highest BCUT2D eigenvalue weighted by atomic mass is 79.9. The molecule has 2 aromatic carbocycles. The third-order valence-corrected chi connectivity index (χ3v) is 4.66. The zero-order chi connectivity index (χ0) is 17.8. The fraction of sp³-hybridized carbons (Fsp3) is 0.263. The molecule has 1 fully saturated rings. The fourth-order valence-corrected chi connectivity index (χ4v) is 3.38. The molecule has 0 aliphatic carbocycles. The largest absolute Gasteiger partial charge is 0.496 e. The molecule has 1 heterocycles. The molecule has 1 aliphatic rings. The second-order valence-electron chi connectivity index (χ2n) is 5.96. The maximum atomic E-state index is 12.8. The van der Waals surface area contributed by atoms with Crippen molar-refractivity contribution in [2.24, 2.45) is 0 Å². The van der Waals surface area contributed by atoms with E-state index in [4.69, 9.17) is 4.74 Å². The van der Waals surface area contributed by atoms with Crippen molar-refractivity contribution in [1.29, 1.82) is 0 Å². The van der Waals surface area contributed by atoms with Gasteiger partial charge in [0.15, 0.2) is 0 Å². The maximum Gasteiger partial charge on any atom is 0.246 e. The molecular weight excluding hydrogens is 384 g/mol. The minimum absolute atomic E-state index is 0.0783. The van der Waals surface area contributed by atoms with Crippen LogP contribution in [0.1, 0.15) is 11.1 Å². The Morgan fingerprint density at radius 1 is 1.20 bits per heavy atom. The first kappa shape index (κ1) is 17.5. The summed E-state index contributed by atoms with van der Waals surface area (Å²) in [5.74, 6) is 0.477. The predicted octanol–water partition coefficient (Wildman–Crippen LogP) is 2.53. The van der Waals surface area contributed by atoms with Crippen LogP contribution in [-0.4, -0.2) is 36.4 Å². The first-order chi connectivity index (χ1) is 12.1. The average molecular weight is 403 g/mol. The fourth-order valence-electron chi connectivity index (χ4n) is 2.98. The van der Waals surface area contributed by atoms with E-state index < -0.39 is 6.04 Å². The third-order valence-electron chi connectivity index (χ3n) is 4.16. The number of nitrogens with zero attached hydrogens (tertiary/aromatic N) is 1. The topological polar surface area (TPSA) is 58.6 Å². The van der Waals surface area contributed by atoms with Gasteiger partial charge in [0.05, 0.1) is 13.7 Å². The summed E-state index contributed by atoms with van der Waals surface area (Å²) < 4.78 is 6.27. The van der Waals surface area contributed by atoms with E-state index >= 15 is 0 Å². The van der Waals surface area contributed by atoms with Crippen LogP contribution in [0.5, 0.6) is 5.75 Å². The highest BCUT2D eigenvalue weighted by Crippen LogP contribution is 2.25. The normalized spacial score (nSPS) is 17.4. The van der Waals surface area contributed by atoms with Crippen LogP contribution in [0, 0.1) is 0 Å². The zero-order valence-corrected chi connectivity index (χ0v) is 15.5. The molecular formula is C19H19BrN2O3. The Morgan fingerprint density at radius 2 is 1.96 bits per heavy atom. The second kappa shape index (κ2) is 7.70. The molecule has 130 valence electrons. The lowest BCUT2D eigenvalue weighted by Crippen LogP contribution is -2.58. The van der Waals surface area contributed by atoms with Gasteiger partial charge in [0.1, 0.15) is 11.8 Å². The third kappa shape index (κ3) is 4.20. The molecule has 1 N–H and O–H groups in total. The van der Waals surface area contributed by atoms with Gasteiger partial charge in [0.25, 0.3) is 0 Å². The number of rotatable bonds is 5. The van der Waals surface area contributed by atoms with Gasteiger partial charge in [-0.3, -0.25) is 9.59 Å². The molecule has 0 aromatic heterocycles. The van der Waals surface area contributed by atoms with E-state index in [9.17, 15) is 9.59 Å². The van der Waals surface area contributed by atoms with Crippen molar-refractivity contribution in [3.63, 3.8) is 0 Å². The van der Waals surface area contributed by atoms with Crippen molar-refractivity contribution in [2.45, 2.75) is 19.0 Å². The van der Waals surface area contributed by atoms with Crippen LogP contribution >= 0.6 is 15.9 Å².